The van der Waals surface area contributed by atoms with E-state index in [2.05, 4.69) is 16.9 Å². The van der Waals surface area contributed by atoms with Gasteiger partial charge in [-0.05, 0) is 30.9 Å². The highest BCUT2D eigenvalue weighted by Gasteiger charge is 2.30. The third-order valence-corrected chi connectivity index (χ3v) is 3.19. The van der Waals surface area contributed by atoms with Crippen LogP contribution in [-0.4, -0.2) is 19.0 Å². The molecule has 1 rings (SSSR count). The van der Waals surface area contributed by atoms with Crippen LogP contribution in [0.2, 0.25) is 0 Å². The maximum atomic E-state index is 12.7. The minimum Gasteiger partial charge on any atom is -0.370 e. The molecule has 3 N–H and O–H groups in total. The Morgan fingerprint density at radius 1 is 1.39 bits per heavy atom. The first-order valence-corrected chi connectivity index (χ1v) is 7.05. The fourth-order valence-corrected chi connectivity index (χ4v) is 1.88. The summed E-state index contributed by atoms with van der Waals surface area (Å²) in [5.41, 5.74) is 6.62. The predicted octanol–water partition coefficient (Wildman–Crippen LogP) is 4.30. The van der Waals surface area contributed by atoms with Crippen molar-refractivity contribution in [2.45, 2.75) is 32.4 Å². The number of nitrogens with two attached hydrogens (primary N) is 1. The number of benzene rings is 1. The summed E-state index contributed by atoms with van der Waals surface area (Å²) in [6, 6.07) is 5.42. The molecule has 7 heteroatoms. The molecule has 1 unspecified atom stereocenters. The van der Waals surface area contributed by atoms with Crippen molar-refractivity contribution < 1.29 is 13.2 Å². The maximum Gasteiger partial charge on any atom is 0.416 e. The standard InChI is InChI=1S/C16H22F3N3.HI/c1-11(2)10-22-15(20)21-8-7-12(3)13-5-4-6-14(9-13)16(17,18)19;/h4-6,9,12H,1,7-8,10H2,2-3H3,(H3,20,21,22);1H. The largest absolute Gasteiger partial charge is 0.416 e. The third kappa shape index (κ3) is 8.24. The van der Waals surface area contributed by atoms with Crippen molar-refractivity contribution in [1.29, 1.82) is 0 Å². The second-order valence-corrected chi connectivity index (χ2v) is 5.40. The summed E-state index contributed by atoms with van der Waals surface area (Å²) in [6.07, 6.45) is -3.65. The molecule has 130 valence electrons. The molecule has 1 aromatic rings. The van der Waals surface area contributed by atoms with Crippen LogP contribution >= 0.6 is 24.0 Å². The van der Waals surface area contributed by atoms with Crippen LogP contribution in [0, 0.1) is 0 Å². The summed E-state index contributed by atoms with van der Waals surface area (Å²) in [5, 5.41) is 2.95. The Morgan fingerprint density at radius 2 is 2.04 bits per heavy atom. The molecular formula is C16H23F3IN3. The van der Waals surface area contributed by atoms with Gasteiger partial charge in [-0.3, -0.25) is 0 Å². The molecule has 0 amide bonds. The van der Waals surface area contributed by atoms with Crippen molar-refractivity contribution in [3.05, 3.63) is 47.5 Å². The molecule has 0 spiro atoms. The van der Waals surface area contributed by atoms with Crippen molar-refractivity contribution >= 4 is 29.9 Å². The van der Waals surface area contributed by atoms with E-state index in [1.165, 1.54) is 12.1 Å². The normalized spacial score (nSPS) is 13.2. The van der Waals surface area contributed by atoms with Gasteiger partial charge >= 0.3 is 6.18 Å². The van der Waals surface area contributed by atoms with Gasteiger partial charge in [-0.25, -0.2) is 4.99 Å². The summed E-state index contributed by atoms with van der Waals surface area (Å²) in [6.45, 7) is 8.47. The molecule has 0 aliphatic heterocycles. The van der Waals surface area contributed by atoms with Gasteiger partial charge in [-0.15, -0.1) is 24.0 Å². The van der Waals surface area contributed by atoms with E-state index in [1.54, 1.807) is 6.07 Å². The lowest BCUT2D eigenvalue weighted by Crippen LogP contribution is -2.33. The molecule has 0 aliphatic rings. The van der Waals surface area contributed by atoms with Crippen LogP contribution < -0.4 is 11.1 Å². The van der Waals surface area contributed by atoms with Gasteiger partial charge in [0.15, 0.2) is 5.96 Å². The molecule has 0 bridgehead atoms. The predicted molar refractivity (Wildman–Crippen MR) is 99.2 cm³/mol. The average Bonchev–Trinajstić information content (AvgIpc) is 2.44. The van der Waals surface area contributed by atoms with E-state index in [0.717, 1.165) is 11.6 Å². The van der Waals surface area contributed by atoms with Gasteiger partial charge in [0.05, 0.1) is 12.1 Å². The fraction of sp³-hybridized carbons (Fsp3) is 0.438. The molecule has 0 fully saturated rings. The zero-order valence-corrected chi connectivity index (χ0v) is 15.6. The Hall–Kier alpha value is -1.25. The van der Waals surface area contributed by atoms with E-state index in [-0.39, 0.29) is 29.9 Å². The topological polar surface area (TPSA) is 50.4 Å². The zero-order chi connectivity index (χ0) is 16.8. The molecule has 0 heterocycles. The van der Waals surface area contributed by atoms with E-state index in [0.29, 0.717) is 31.0 Å². The first kappa shape index (κ1) is 21.8. The van der Waals surface area contributed by atoms with Crippen LogP contribution in [0.4, 0.5) is 13.2 Å². The fourth-order valence-electron chi connectivity index (χ4n) is 1.88. The Morgan fingerprint density at radius 3 is 2.61 bits per heavy atom. The summed E-state index contributed by atoms with van der Waals surface area (Å²) < 4.78 is 38.1. The van der Waals surface area contributed by atoms with Crippen LogP contribution in [0.15, 0.2) is 41.4 Å². The van der Waals surface area contributed by atoms with Gasteiger partial charge < -0.3 is 11.1 Å². The van der Waals surface area contributed by atoms with E-state index in [1.807, 2.05) is 13.8 Å². The minimum absolute atomic E-state index is 0. The van der Waals surface area contributed by atoms with Crippen molar-refractivity contribution in [3.8, 4) is 0 Å². The number of aliphatic imine (C=N–C) groups is 1. The first-order chi connectivity index (χ1) is 10.2. The van der Waals surface area contributed by atoms with Crippen LogP contribution in [0.5, 0.6) is 0 Å². The highest BCUT2D eigenvalue weighted by molar-refractivity contribution is 14.0. The SMILES string of the molecule is C=C(C)CN=C(N)NCCC(C)c1cccc(C(F)(F)F)c1.I. The van der Waals surface area contributed by atoms with Crippen LogP contribution in [-0.2, 0) is 6.18 Å². The van der Waals surface area contributed by atoms with E-state index in [4.69, 9.17) is 5.73 Å². The smallest absolute Gasteiger partial charge is 0.370 e. The molecule has 0 radical (unpaired) electrons. The summed E-state index contributed by atoms with van der Waals surface area (Å²) in [7, 11) is 0. The summed E-state index contributed by atoms with van der Waals surface area (Å²) in [4.78, 5) is 4.07. The van der Waals surface area contributed by atoms with E-state index < -0.39 is 11.7 Å². The zero-order valence-electron chi connectivity index (χ0n) is 13.3. The molecule has 0 aliphatic carbocycles. The highest BCUT2D eigenvalue weighted by Crippen LogP contribution is 2.31. The van der Waals surface area contributed by atoms with Crippen molar-refractivity contribution in [2.24, 2.45) is 10.7 Å². The monoisotopic (exact) mass is 441 g/mol. The molecule has 3 nitrogen and oxygen atoms in total. The molecule has 0 saturated heterocycles. The van der Waals surface area contributed by atoms with E-state index >= 15 is 0 Å². The maximum absolute atomic E-state index is 12.7. The number of nitrogens with zero attached hydrogens (tertiary/aromatic N) is 1. The Balaban J connectivity index is 0.00000484. The van der Waals surface area contributed by atoms with Crippen LogP contribution in [0.1, 0.15) is 37.3 Å². The second-order valence-electron chi connectivity index (χ2n) is 5.40. The molecule has 23 heavy (non-hydrogen) atoms. The van der Waals surface area contributed by atoms with Gasteiger partial charge in [0.2, 0.25) is 0 Å². The number of alkyl halides is 3. The number of hydrogen-bond donors (Lipinski definition) is 2. The van der Waals surface area contributed by atoms with Gasteiger partial charge in [0, 0.05) is 6.54 Å². The van der Waals surface area contributed by atoms with Gasteiger partial charge in [-0.2, -0.15) is 13.2 Å². The van der Waals surface area contributed by atoms with Gasteiger partial charge in [0.1, 0.15) is 0 Å². The Labute approximate surface area is 152 Å². The number of rotatable bonds is 6. The molecule has 0 saturated carbocycles. The Kier molecular flexibility index (Phi) is 9.26. The van der Waals surface area contributed by atoms with Gasteiger partial charge in [-0.1, -0.05) is 37.3 Å². The quantitative estimate of drug-likeness (QED) is 0.300. The summed E-state index contributed by atoms with van der Waals surface area (Å²) >= 11 is 0. The average molecular weight is 441 g/mol. The molecule has 0 aromatic heterocycles. The van der Waals surface area contributed by atoms with Crippen LogP contribution in [0.3, 0.4) is 0 Å². The number of halogens is 4. The lowest BCUT2D eigenvalue weighted by atomic mass is 9.96. The number of hydrogen-bond acceptors (Lipinski definition) is 1. The molecular weight excluding hydrogens is 418 g/mol. The lowest BCUT2D eigenvalue weighted by Gasteiger charge is -2.15. The first-order valence-electron chi connectivity index (χ1n) is 7.05. The van der Waals surface area contributed by atoms with Crippen LogP contribution in [0.25, 0.3) is 0 Å². The number of nitrogens with one attached hydrogen (secondary N) is 1. The lowest BCUT2D eigenvalue weighted by molar-refractivity contribution is -0.137. The van der Waals surface area contributed by atoms with Crippen molar-refractivity contribution in [3.63, 3.8) is 0 Å². The van der Waals surface area contributed by atoms with Crippen molar-refractivity contribution in [1.82, 2.24) is 5.32 Å². The molecule has 1 aromatic carbocycles. The third-order valence-electron chi connectivity index (χ3n) is 3.19. The summed E-state index contributed by atoms with van der Waals surface area (Å²) in [5.74, 6) is 0.308. The number of guanidine groups is 1. The molecule has 1 atom stereocenters. The second kappa shape index (κ2) is 9.79. The minimum atomic E-state index is -4.31. The Bertz CT molecular complexity index is 542. The highest BCUT2D eigenvalue weighted by atomic mass is 127. The van der Waals surface area contributed by atoms with Gasteiger partial charge in [0.25, 0.3) is 0 Å². The van der Waals surface area contributed by atoms with E-state index in [9.17, 15) is 13.2 Å². The van der Waals surface area contributed by atoms with Crippen molar-refractivity contribution in [2.75, 3.05) is 13.1 Å².